The van der Waals surface area contributed by atoms with Crippen molar-refractivity contribution >= 4 is 33.5 Å². The van der Waals surface area contributed by atoms with Gasteiger partial charge in [-0.3, -0.25) is 9.78 Å². The number of H-pyrrole nitrogens is 2. The molecule has 4 nitrogen and oxygen atoms in total. The van der Waals surface area contributed by atoms with Gasteiger partial charge in [-0.1, -0.05) is 6.07 Å². The minimum Gasteiger partial charge on any atom is -0.306 e. The molecule has 0 amide bonds. The second-order valence-corrected chi connectivity index (χ2v) is 5.46. The molecular weight excluding hydrogens is 393 g/mol. The van der Waals surface area contributed by atoms with Gasteiger partial charge >= 0.3 is 5.69 Å². The van der Waals surface area contributed by atoms with Crippen molar-refractivity contribution < 1.29 is 8.78 Å². The second kappa shape index (κ2) is 5.06. The van der Waals surface area contributed by atoms with Crippen molar-refractivity contribution in [1.29, 1.82) is 0 Å². The van der Waals surface area contributed by atoms with Crippen LogP contribution in [0.15, 0.2) is 39.9 Å². The summed E-state index contributed by atoms with van der Waals surface area (Å²) in [7, 11) is 0. The minimum atomic E-state index is -0.709. The summed E-state index contributed by atoms with van der Waals surface area (Å²) < 4.78 is 27.4. The topological polar surface area (TPSA) is 65.7 Å². The molecule has 106 valence electrons. The summed E-state index contributed by atoms with van der Waals surface area (Å²) in [6.07, 6.45) is 0. The van der Waals surface area contributed by atoms with Crippen LogP contribution in [0.4, 0.5) is 8.78 Å². The number of rotatable bonds is 1. The van der Waals surface area contributed by atoms with E-state index in [1.165, 1.54) is 12.1 Å². The van der Waals surface area contributed by atoms with Gasteiger partial charge in [0.25, 0.3) is 5.56 Å². The van der Waals surface area contributed by atoms with E-state index in [9.17, 15) is 18.4 Å². The summed E-state index contributed by atoms with van der Waals surface area (Å²) in [5.74, 6) is -1.38. The van der Waals surface area contributed by atoms with Crippen LogP contribution in [-0.4, -0.2) is 9.97 Å². The summed E-state index contributed by atoms with van der Waals surface area (Å²) in [5, 5.41) is 0.297. The fraction of sp³-hybridized carbons (Fsp3) is 0. The summed E-state index contributed by atoms with van der Waals surface area (Å²) in [5.41, 5.74) is -0.156. The second-order valence-electron chi connectivity index (χ2n) is 4.38. The largest absolute Gasteiger partial charge is 0.326 e. The first-order valence-electron chi connectivity index (χ1n) is 5.87. The highest BCUT2D eigenvalue weighted by molar-refractivity contribution is 14.1. The Hall–Kier alpha value is -2.03. The van der Waals surface area contributed by atoms with Crippen LogP contribution in [0.1, 0.15) is 0 Å². The Labute approximate surface area is 130 Å². The molecule has 0 saturated heterocycles. The third-order valence-corrected chi connectivity index (χ3v) is 4.19. The smallest absolute Gasteiger partial charge is 0.306 e. The molecule has 1 heterocycles. The molecule has 3 rings (SSSR count). The van der Waals surface area contributed by atoms with Gasteiger partial charge in [-0.2, -0.15) is 0 Å². The van der Waals surface area contributed by atoms with Gasteiger partial charge in [0, 0.05) is 20.8 Å². The van der Waals surface area contributed by atoms with Crippen molar-refractivity contribution in [3.05, 3.63) is 66.4 Å². The van der Waals surface area contributed by atoms with Gasteiger partial charge in [-0.25, -0.2) is 13.6 Å². The molecule has 2 aromatic carbocycles. The van der Waals surface area contributed by atoms with E-state index in [1.807, 2.05) is 22.6 Å². The molecule has 0 radical (unpaired) electrons. The monoisotopic (exact) mass is 400 g/mol. The standard InChI is InChI=1S/C14H7F2IN2O2/c15-6-1-2-7(10(16)5-6)8-3-4-9-12(11(8)17)18-14(21)19-13(9)20/h1-5H,(H2,18,19,20,21). The van der Waals surface area contributed by atoms with Gasteiger partial charge in [0.1, 0.15) is 11.6 Å². The number of benzene rings is 2. The molecule has 3 aromatic rings. The van der Waals surface area contributed by atoms with Crippen LogP contribution >= 0.6 is 22.6 Å². The molecule has 0 atom stereocenters. The van der Waals surface area contributed by atoms with Crippen LogP contribution in [0.25, 0.3) is 22.0 Å². The molecule has 2 N–H and O–H groups in total. The number of hydrogen-bond donors (Lipinski definition) is 2. The number of hydrogen-bond acceptors (Lipinski definition) is 2. The third kappa shape index (κ3) is 2.37. The van der Waals surface area contributed by atoms with E-state index in [0.717, 1.165) is 12.1 Å². The Kier molecular flexibility index (Phi) is 3.36. The highest BCUT2D eigenvalue weighted by Crippen LogP contribution is 2.31. The highest BCUT2D eigenvalue weighted by Gasteiger charge is 2.14. The van der Waals surface area contributed by atoms with Crippen molar-refractivity contribution in [2.45, 2.75) is 0 Å². The minimum absolute atomic E-state index is 0.198. The van der Waals surface area contributed by atoms with Gasteiger partial charge in [0.05, 0.1) is 10.9 Å². The third-order valence-electron chi connectivity index (χ3n) is 3.07. The van der Waals surface area contributed by atoms with Crippen LogP contribution in [0, 0.1) is 15.2 Å². The lowest BCUT2D eigenvalue weighted by Gasteiger charge is -2.08. The van der Waals surface area contributed by atoms with Crippen LogP contribution in [0.2, 0.25) is 0 Å². The first kappa shape index (κ1) is 13.9. The zero-order chi connectivity index (χ0) is 15.1. The highest BCUT2D eigenvalue weighted by atomic mass is 127. The van der Waals surface area contributed by atoms with Crippen molar-refractivity contribution in [2.75, 3.05) is 0 Å². The normalized spacial score (nSPS) is 11.0. The quantitative estimate of drug-likeness (QED) is 0.618. The Morgan fingerprint density at radius 2 is 1.67 bits per heavy atom. The molecule has 0 spiro atoms. The summed E-state index contributed by atoms with van der Waals surface area (Å²) in [6, 6.07) is 6.31. The fourth-order valence-electron chi connectivity index (χ4n) is 2.12. The van der Waals surface area contributed by atoms with Crippen LogP contribution in [0.5, 0.6) is 0 Å². The van der Waals surface area contributed by atoms with Gasteiger partial charge in [0.2, 0.25) is 0 Å². The molecule has 0 aliphatic rings. The van der Waals surface area contributed by atoms with Gasteiger partial charge in [-0.15, -0.1) is 0 Å². The molecule has 7 heteroatoms. The van der Waals surface area contributed by atoms with Crippen molar-refractivity contribution in [3.63, 3.8) is 0 Å². The van der Waals surface area contributed by atoms with E-state index in [1.54, 1.807) is 6.07 Å². The Balaban J connectivity index is 2.37. The molecule has 0 bridgehead atoms. The number of halogens is 3. The fourth-order valence-corrected chi connectivity index (χ4v) is 3.01. The molecule has 0 fully saturated rings. The lowest BCUT2D eigenvalue weighted by molar-refractivity contribution is 0.585. The Morgan fingerprint density at radius 1 is 0.952 bits per heavy atom. The average Bonchev–Trinajstić information content (AvgIpc) is 2.41. The lowest BCUT2D eigenvalue weighted by atomic mass is 10.0. The van der Waals surface area contributed by atoms with Crippen molar-refractivity contribution in [3.8, 4) is 11.1 Å². The summed E-state index contributed by atoms with van der Waals surface area (Å²) in [4.78, 5) is 27.7. The number of aromatic amines is 2. The van der Waals surface area contributed by atoms with Crippen LogP contribution in [0.3, 0.4) is 0 Å². The van der Waals surface area contributed by atoms with Gasteiger partial charge in [0.15, 0.2) is 0 Å². The van der Waals surface area contributed by atoms with E-state index >= 15 is 0 Å². The maximum absolute atomic E-state index is 13.9. The molecule has 21 heavy (non-hydrogen) atoms. The summed E-state index contributed by atoms with van der Waals surface area (Å²) >= 11 is 1.92. The summed E-state index contributed by atoms with van der Waals surface area (Å²) in [6.45, 7) is 0. The first-order valence-corrected chi connectivity index (χ1v) is 6.95. The van der Waals surface area contributed by atoms with Crippen molar-refractivity contribution in [2.24, 2.45) is 0 Å². The zero-order valence-corrected chi connectivity index (χ0v) is 12.5. The Morgan fingerprint density at radius 3 is 2.38 bits per heavy atom. The van der Waals surface area contributed by atoms with Crippen LogP contribution in [-0.2, 0) is 0 Å². The number of fused-ring (bicyclic) bond motifs is 1. The number of nitrogens with one attached hydrogen (secondary N) is 2. The first-order chi connectivity index (χ1) is 9.97. The molecule has 1 aromatic heterocycles. The van der Waals surface area contributed by atoms with E-state index in [-0.39, 0.29) is 5.56 Å². The maximum Gasteiger partial charge on any atom is 0.326 e. The molecule has 0 aliphatic heterocycles. The van der Waals surface area contributed by atoms with Gasteiger partial charge < -0.3 is 4.98 Å². The maximum atomic E-state index is 13.9. The van der Waals surface area contributed by atoms with E-state index in [0.29, 0.717) is 20.0 Å². The van der Waals surface area contributed by atoms with Gasteiger partial charge in [-0.05, 0) is 40.8 Å². The molecule has 0 unspecified atom stereocenters. The lowest BCUT2D eigenvalue weighted by Crippen LogP contribution is -2.22. The average molecular weight is 400 g/mol. The predicted molar refractivity (Wildman–Crippen MR) is 83.3 cm³/mol. The zero-order valence-electron chi connectivity index (χ0n) is 10.3. The Bertz CT molecular complexity index is 979. The van der Waals surface area contributed by atoms with Crippen LogP contribution < -0.4 is 11.2 Å². The SMILES string of the molecule is O=c1[nH]c(=O)c2ccc(-c3ccc(F)cc3F)c(I)c2[nH]1. The van der Waals surface area contributed by atoms with E-state index in [2.05, 4.69) is 9.97 Å². The molecular formula is C14H7F2IN2O2. The molecule has 0 saturated carbocycles. The van der Waals surface area contributed by atoms with Crippen molar-refractivity contribution in [1.82, 2.24) is 9.97 Å². The number of aromatic nitrogens is 2. The molecule has 0 aliphatic carbocycles. The van der Waals surface area contributed by atoms with E-state index < -0.39 is 22.9 Å². The predicted octanol–water partition coefficient (Wildman–Crippen LogP) is 2.77. The van der Waals surface area contributed by atoms with E-state index in [4.69, 9.17) is 0 Å².